The number of benzene rings is 2. The lowest BCUT2D eigenvalue weighted by molar-refractivity contribution is 1.11. The molecule has 3 aromatic rings. The number of anilines is 1. The van der Waals surface area contributed by atoms with Gasteiger partial charge in [-0.1, -0.05) is 23.7 Å². The molecule has 0 bridgehead atoms. The molecule has 0 atom stereocenters. The van der Waals surface area contributed by atoms with Gasteiger partial charge in [0.2, 0.25) is 5.95 Å². The SMILES string of the molecule is N#Cc1cccc(-n2c(N)nc3cccc(Cl)c32)c1. The molecule has 19 heavy (non-hydrogen) atoms. The molecule has 0 unspecified atom stereocenters. The summed E-state index contributed by atoms with van der Waals surface area (Å²) >= 11 is 6.22. The maximum absolute atomic E-state index is 8.96. The van der Waals surface area contributed by atoms with Crippen molar-refractivity contribution >= 4 is 28.6 Å². The van der Waals surface area contributed by atoms with E-state index in [9.17, 15) is 0 Å². The van der Waals surface area contributed by atoms with Crippen molar-refractivity contribution in [3.8, 4) is 11.8 Å². The van der Waals surface area contributed by atoms with E-state index in [1.54, 1.807) is 28.8 Å². The molecule has 5 heteroatoms. The highest BCUT2D eigenvalue weighted by molar-refractivity contribution is 6.35. The Hall–Kier alpha value is -2.51. The van der Waals surface area contributed by atoms with Crippen molar-refractivity contribution in [1.29, 1.82) is 5.26 Å². The fourth-order valence-electron chi connectivity index (χ4n) is 2.08. The molecule has 1 aromatic heterocycles. The number of imidazole rings is 1. The zero-order chi connectivity index (χ0) is 13.4. The zero-order valence-corrected chi connectivity index (χ0v) is 10.6. The number of hydrogen-bond acceptors (Lipinski definition) is 3. The first-order chi connectivity index (χ1) is 9.20. The van der Waals surface area contributed by atoms with E-state index >= 15 is 0 Å². The fraction of sp³-hybridized carbons (Fsp3) is 0. The minimum atomic E-state index is 0.346. The maximum Gasteiger partial charge on any atom is 0.205 e. The largest absolute Gasteiger partial charge is 0.369 e. The molecule has 92 valence electrons. The molecule has 3 rings (SSSR count). The minimum Gasteiger partial charge on any atom is -0.369 e. The van der Waals surface area contributed by atoms with E-state index in [1.807, 2.05) is 18.2 Å². The van der Waals surface area contributed by atoms with Gasteiger partial charge in [-0.05, 0) is 30.3 Å². The van der Waals surface area contributed by atoms with Crippen molar-refractivity contribution < 1.29 is 0 Å². The molecule has 0 radical (unpaired) electrons. The third-order valence-electron chi connectivity index (χ3n) is 2.89. The molecule has 4 nitrogen and oxygen atoms in total. The Balaban J connectivity index is 2.36. The lowest BCUT2D eigenvalue weighted by Gasteiger charge is -2.07. The number of hydrogen-bond donors (Lipinski definition) is 1. The van der Waals surface area contributed by atoms with E-state index in [0.717, 1.165) is 16.7 Å². The molecule has 0 fully saturated rings. The molecule has 1 heterocycles. The number of fused-ring (bicyclic) bond motifs is 1. The van der Waals surface area contributed by atoms with Crippen molar-refractivity contribution in [2.24, 2.45) is 0 Å². The predicted molar refractivity (Wildman–Crippen MR) is 75.2 cm³/mol. The first-order valence-electron chi connectivity index (χ1n) is 5.63. The van der Waals surface area contributed by atoms with Crippen LogP contribution in [0.25, 0.3) is 16.7 Å². The maximum atomic E-state index is 8.96. The first-order valence-corrected chi connectivity index (χ1v) is 6.01. The Morgan fingerprint density at radius 2 is 2.00 bits per heavy atom. The van der Waals surface area contributed by atoms with E-state index < -0.39 is 0 Å². The highest BCUT2D eigenvalue weighted by Gasteiger charge is 2.12. The van der Waals surface area contributed by atoms with E-state index in [2.05, 4.69) is 11.1 Å². The summed E-state index contributed by atoms with van der Waals surface area (Å²) in [6.45, 7) is 0. The number of aromatic nitrogens is 2. The Morgan fingerprint density at radius 1 is 1.21 bits per heavy atom. The zero-order valence-electron chi connectivity index (χ0n) is 9.84. The van der Waals surface area contributed by atoms with Crippen molar-refractivity contribution in [2.75, 3.05) is 5.73 Å². The van der Waals surface area contributed by atoms with Crippen LogP contribution in [0.4, 0.5) is 5.95 Å². The van der Waals surface area contributed by atoms with Crippen LogP contribution >= 0.6 is 11.6 Å². The van der Waals surface area contributed by atoms with E-state index in [4.69, 9.17) is 22.6 Å². The minimum absolute atomic E-state index is 0.346. The Kier molecular flexibility index (Phi) is 2.62. The third-order valence-corrected chi connectivity index (χ3v) is 3.19. The molecule has 0 aliphatic heterocycles. The smallest absolute Gasteiger partial charge is 0.205 e. The van der Waals surface area contributed by atoms with Crippen LogP contribution in [0, 0.1) is 11.3 Å². The number of nitrogen functional groups attached to an aromatic ring is 1. The van der Waals surface area contributed by atoms with Crippen molar-refractivity contribution in [2.45, 2.75) is 0 Å². The van der Waals surface area contributed by atoms with Gasteiger partial charge >= 0.3 is 0 Å². The number of para-hydroxylation sites is 1. The summed E-state index contributed by atoms with van der Waals surface area (Å²) in [5.74, 6) is 0.346. The summed E-state index contributed by atoms with van der Waals surface area (Å²) in [6, 6.07) is 14.7. The molecule has 0 aliphatic rings. The van der Waals surface area contributed by atoms with Crippen LogP contribution in [0.15, 0.2) is 42.5 Å². The number of nitrogens with two attached hydrogens (primary N) is 1. The topological polar surface area (TPSA) is 67.6 Å². The van der Waals surface area contributed by atoms with Gasteiger partial charge in [-0.3, -0.25) is 4.57 Å². The van der Waals surface area contributed by atoms with Crippen LogP contribution in [-0.2, 0) is 0 Å². The van der Waals surface area contributed by atoms with Gasteiger partial charge in [-0.15, -0.1) is 0 Å². The van der Waals surface area contributed by atoms with Gasteiger partial charge in [0.1, 0.15) is 0 Å². The lowest BCUT2D eigenvalue weighted by atomic mass is 10.2. The normalized spacial score (nSPS) is 10.5. The average Bonchev–Trinajstić information content (AvgIpc) is 2.76. The molecule has 0 saturated heterocycles. The van der Waals surface area contributed by atoms with Gasteiger partial charge in [-0.25, -0.2) is 4.98 Å². The highest BCUT2D eigenvalue weighted by atomic mass is 35.5. The first kappa shape index (κ1) is 11.6. The van der Waals surface area contributed by atoms with Crippen molar-refractivity contribution in [3.63, 3.8) is 0 Å². The van der Waals surface area contributed by atoms with Gasteiger partial charge < -0.3 is 5.73 Å². The molecule has 0 saturated carbocycles. The number of rotatable bonds is 1. The molecule has 0 amide bonds. The van der Waals surface area contributed by atoms with Crippen LogP contribution in [0.5, 0.6) is 0 Å². The van der Waals surface area contributed by atoms with E-state index in [1.165, 1.54) is 0 Å². The number of nitriles is 1. The molecule has 0 aliphatic carbocycles. The molecule has 2 aromatic carbocycles. The Labute approximate surface area is 114 Å². The van der Waals surface area contributed by atoms with Gasteiger partial charge in [0, 0.05) is 0 Å². The van der Waals surface area contributed by atoms with Crippen LogP contribution in [0.1, 0.15) is 5.56 Å². The van der Waals surface area contributed by atoms with Gasteiger partial charge in [-0.2, -0.15) is 5.26 Å². The van der Waals surface area contributed by atoms with E-state index in [-0.39, 0.29) is 0 Å². The van der Waals surface area contributed by atoms with E-state index in [0.29, 0.717) is 16.5 Å². The summed E-state index contributed by atoms with van der Waals surface area (Å²) in [4.78, 5) is 4.28. The summed E-state index contributed by atoms with van der Waals surface area (Å²) in [7, 11) is 0. The third kappa shape index (κ3) is 1.81. The monoisotopic (exact) mass is 268 g/mol. The average molecular weight is 269 g/mol. The summed E-state index contributed by atoms with van der Waals surface area (Å²) < 4.78 is 1.75. The lowest BCUT2D eigenvalue weighted by Crippen LogP contribution is -2.01. The predicted octanol–water partition coefficient (Wildman–Crippen LogP) is 3.13. The summed E-state index contributed by atoms with van der Waals surface area (Å²) in [5, 5.41) is 9.54. The Morgan fingerprint density at radius 3 is 2.79 bits per heavy atom. The van der Waals surface area contributed by atoms with Crippen LogP contribution in [0.3, 0.4) is 0 Å². The van der Waals surface area contributed by atoms with Crippen molar-refractivity contribution in [3.05, 3.63) is 53.1 Å². The van der Waals surface area contributed by atoms with Crippen LogP contribution < -0.4 is 5.73 Å². The van der Waals surface area contributed by atoms with Crippen LogP contribution in [-0.4, -0.2) is 9.55 Å². The van der Waals surface area contributed by atoms with Gasteiger partial charge in [0.05, 0.1) is 33.4 Å². The summed E-state index contributed by atoms with van der Waals surface area (Å²) in [5.41, 5.74) is 8.76. The molecular weight excluding hydrogens is 260 g/mol. The van der Waals surface area contributed by atoms with Gasteiger partial charge in [0.25, 0.3) is 0 Å². The van der Waals surface area contributed by atoms with Crippen molar-refractivity contribution in [1.82, 2.24) is 9.55 Å². The Bertz CT molecular complexity index is 814. The fourth-order valence-corrected chi connectivity index (χ4v) is 2.33. The van der Waals surface area contributed by atoms with Gasteiger partial charge in [0.15, 0.2) is 0 Å². The molecule has 0 spiro atoms. The highest BCUT2D eigenvalue weighted by Crippen LogP contribution is 2.29. The second kappa shape index (κ2) is 4.30. The van der Waals surface area contributed by atoms with Crippen LogP contribution in [0.2, 0.25) is 5.02 Å². The standard InChI is InChI=1S/C14H9ClN4/c15-11-5-2-6-12-13(11)19(14(17)18-12)10-4-1-3-9(7-10)8-16/h1-7H,(H2,17,18). The second-order valence-electron chi connectivity index (χ2n) is 4.08. The number of nitrogens with zero attached hydrogens (tertiary/aromatic N) is 3. The molecular formula is C14H9ClN4. The number of halogens is 1. The molecule has 2 N–H and O–H groups in total. The second-order valence-corrected chi connectivity index (χ2v) is 4.48. The quantitative estimate of drug-likeness (QED) is 0.737. The summed E-state index contributed by atoms with van der Waals surface area (Å²) in [6.07, 6.45) is 0.